The van der Waals surface area contributed by atoms with E-state index < -0.39 is 0 Å². The topological polar surface area (TPSA) is 9.23 Å². The molecule has 1 aliphatic heterocycles. The molecule has 8 rings (SSSR count). The van der Waals surface area contributed by atoms with Crippen molar-refractivity contribution in [2.45, 2.75) is 0 Å². The number of hydrogen-bond donors (Lipinski definition) is 0. The lowest BCUT2D eigenvalue weighted by Gasteiger charge is -2.23. The van der Waals surface area contributed by atoms with Gasteiger partial charge in [0.2, 0.25) is 0 Å². The molecule has 0 saturated carbocycles. The Labute approximate surface area is 220 Å². The van der Waals surface area contributed by atoms with Gasteiger partial charge in [-0.05, 0) is 72.9 Å². The van der Waals surface area contributed by atoms with E-state index >= 15 is 0 Å². The molecule has 0 saturated heterocycles. The zero-order valence-corrected chi connectivity index (χ0v) is 19.8. The van der Waals surface area contributed by atoms with Crippen LogP contribution in [-0.4, -0.2) is 0 Å². The summed E-state index contributed by atoms with van der Waals surface area (Å²) in [5, 5.41) is 4.60. The summed E-state index contributed by atoms with van der Waals surface area (Å²) in [6, 6.07) is 35.7. The van der Waals surface area contributed by atoms with Gasteiger partial charge in [-0.25, -0.2) is 0 Å². The van der Waals surface area contributed by atoms with Crippen LogP contribution in [0.1, 0.15) is 5.48 Å². The predicted octanol–water partition coefficient (Wildman–Crippen LogP) is 10.3. The SMILES string of the molecule is [2H]c1ccc([2H])c2c(-c3ccc4c(c3)-c3cccc5cccc(c35)O4)c3c([2H])ccc([2H])c3c(-c3ccccc3)c12. The van der Waals surface area contributed by atoms with E-state index in [0.717, 1.165) is 50.1 Å². The molecule has 1 nitrogen and oxygen atoms in total. The first-order valence-electron chi connectivity index (χ1n) is 14.4. The molecule has 1 heterocycles. The Bertz CT molecular complexity index is 2150. The summed E-state index contributed by atoms with van der Waals surface area (Å²) in [5.74, 6) is 1.56. The summed E-state index contributed by atoms with van der Waals surface area (Å²) in [7, 11) is 0. The molecule has 0 spiro atoms. The van der Waals surface area contributed by atoms with Crippen LogP contribution in [0.3, 0.4) is 0 Å². The van der Waals surface area contributed by atoms with Crippen molar-refractivity contribution in [3.05, 3.63) is 133 Å². The summed E-state index contributed by atoms with van der Waals surface area (Å²) in [6.45, 7) is 0. The molecule has 7 aromatic rings. The molecule has 0 atom stereocenters. The van der Waals surface area contributed by atoms with E-state index in [9.17, 15) is 0 Å². The molecule has 0 amide bonds. The number of ether oxygens (including phenoxy) is 1. The smallest absolute Gasteiger partial charge is 0.135 e. The zero-order chi connectivity index (χ0) is 27.8. The Kier molecular flexibility index (Phi) is 3.53. The summed E-state index contributed by atoms with van der Waals surface area (Å²) < 4.78 is 42.5. The number of fused-ring (bicyclic) bond motifs is 4. The highest BCUT2D eigenvalue weighted by atomic mass is 16.5. The molecule has 0 unspecified atom stereocenters. The van der Waals surface area contributed by atoms with Crippen molar-refractivity contribution in [3.63, 3.8) is 0 Å². The van der Waals surface area contributed by atoms with Crippen molar-refractivity contribution >= 4 is 32.3 Å². The van der Waals surface area contributed by atoms with Crippen molar-refractivity contribution in [1.82, 2.24) is 0 Å². The van der Waals surface area contributed by atoms with Crippen LogP contribution < -0.4 is 4.74 Å². The lowest BCUT2D eigenvalue weighted by Crippen LogP contribution is -1.97. The molecule has 0 aromatic heterocycles. The standard InChI is InChI=1S/C36H22O/c1-2-10-23(11-3-1)34-26-14-4-6-16-28(26)35(29-17-7-5-15-27(29)34)25-20-21-32-31(22-25)30-18-8-12-24-13-9-19-33(37-32)36(24)30/h1-22H/i14D,15D,16D,17D. The average Bonchev–Trinajstić information content (AvgIpc) is 3.00. The molecule has 0 fully saturated rings. The van der Waals surface area contributed by atoms with Gasteiger partial charge in [-0.1, -0.05) is 115 Å². The molecule has 1 aliphatic rings. The minimum absolute atomic E-state index is 0.279. The van der Waals surface area contributed by atoms with Gasteiger partial charge < -0.3 is 4.74 Å². The lowest BCUT2D eigenvalue weighted by molar-refractivity contribution is 0.487. The van der Waals surface area contributed by atoms with Crippen LogP contribution in [-0.2, 0) is 0 Å². The average molecular weight is 475 g/mol. The van der Waals surface area contributed by atoms with Gasteiger partial charge in [0.05, 0.1) is 5.48 Å². The molecule has 0 bridgehead atoms. The Morgan fingerprint density at radius 3 is 1.76 bits per heavy atom. The lowest BCUT2D eigenvalue weighted by atomic mass is 9.85. The molecular formula is C36H22O. The minimum atomic E-state index is 0.279. The van der Waals surface area contributed by atoms with Crippen molar-refractivity contribution in [1.29, 1.82) is 0 Å². The quantitative estimate of drug-likeness (QED) is 0.226. The second-order valence-electron chi connectivity index (χ2n) is 9.33. The largest absolute Gasteiger partial charge is 0.456 e. The molecular weight excluding hydrogens is 448 g/mol. The maximum absolute atomic E-state index is 9.07. The highest BCUT2D eigenvalue weighted by molar-refractivity contribution is 6.21. The van der Waals surface area contributed by atoms with Crippen molar-refractivity contribution in [2.75, 3.05) is 0 Å². The molecule has 0 aliphatic carbocycles. The normalized spacial score (nSPS) is 13.5. The first kappa shape index (κ1) is 16.7. The predicted molar refractivity (Wildman–Crippen MR) is 155 cm³/mol. The molecule has 0 radical (unpaired) electrons. The Morgan fingerprint density at radius 1 is 0.459 bits per heavy atom. The van der Waals surface area contributed by atoms with Crippen LogP contribution in [0.4, 0.5) is 0 Å². The molecule has 7 aromatic carbocycles. The fourth-order valence-electron chi connectivity index (χ4n) is 5.73. The maximum atomic E-state index is 9.07. The number of hydrogen-bond acceptors (Lipinski definition) is 1. The first-order valence-corrected chi connectivity index (χ1v) is 12.4. The van der Waals surface area contributed by atoms with Gasteiger partial charge in [0, 0.05) is 10.9 Å². The van der Waals surface area contributed by atoms with Gasteiger partial charge in [-0.3, -0.25) is 0 Å². The van der Waals surface area contributed by atoms with Crippen LogP contribution in [0.25, 0.3) is 65.7 Å². The fraction of sp³-hybridized carbons (Fsp3) is 0. The van der Waals surface area contributed by atoms with Gasteiger partial charge in [-0.2, -0.15) is 0 Å². The Hall–Kier alpha value is -4.88. The third-order valence-corrected chi connectivity index (χ3v) is 7.28. The number of benzene rings is 7. The Morgan fingerprint density at radius 2 is 1.08 bits per heavy atom. The third-order valence-electron chi connectivity index (χ3n) is 7.28. The first-order chi connectivity index (χ1) is 20.0. The fourth-order valence-corrected chi connectivity index (χ4v) is 5.73. The summed E-state index contributed by atoms with van der Waals surface area (Å²) in [5.41, 5.74) is 5.09. The van der Waals surface area contributed by atoms with Crippen molar-refractivity contribution in [3.8, 4) is 44.9 Å². The minimum Gasteiger partial charge on any atom is -0.456 e. The molecule has 37 heavy (non-hydrogen) atoms. The second kappa shape index (κ2) is 7.81. The van der Waals surface area contributed by atoms with Gasteiger partial charge in [0.25, 0.3) is 0 Å². The van der Waals surface area contributed by atoms with Crippen molar-refractivity contribution < 1.29 is 10.2 Å². The third kappa shape index (κ3) is 2.98. The van der Waals surface area contributed by atoms with E-state index in [1.165, 1.54) is 0 Å². The second-order valence-corrected chi connectivity index (χ2v) is 9.33. The van der Waals surface area contributed by atoms with E-state index in [1.807, 2.05) is 60.7 Å². The monoisotopic (exact) mass is 474 g/mol. The van der Waals surface area contributed by atoms with E-state index in [1.54, 1.807) is 24.3 Å². The van der Waals surface area contributed by atoms with Gasteiger partial charge in [-0.15, -0.1) is 0 Å². The van der Waals surface area contributed by atoms with Crippen LogP contribution >= 0.6 is 0 Å². The van der Waals surface area contributed by atoms with E-state index in [0.29, 0.717) is 27.1 Å². The van der Waals surface area contributed by atoms with Gasteiger partial charge >= 0.3 is 0 Å². The molecule has 0 N–H and O–H groups in total. The zero-order valence-electron chi connectivity index (χ0n) is 23.8. The van der Waals surface area contributed by atoms with E-state index in [2.05, 4.69) is 24.3 Å². The molecule has 1 heteroatoms. The van der Waals surface area contributed by atoms with Gasteiger partial charge in [0.15, 0.2) is 0 Å². The van der Waals surface area contributed by atoms with Gasteiger partial charge in [0.1, 0.15) is 11.5 Å². The van der Waals surface area contributed by atoms with Crippen LogP contribution in [0.5, 0.6) is 11.5 Å². The van der Waals surface area contributed by atoms with Crippen LogP contribution in [0.15, 0.2) is 133 Å². The van der Waals surface area contributed by atoms with E-state index in [4.69, 9.17) is 10.2 Å². The highest BCUT2D eigenvalue weighted by Gasteiger charge is 2.22. The van der Waals surface area contributed by atoms with Crippen LogP contribution in [0, 0.1) is 0 Å². The van der Waals surface area contributed by atoms with E-state index in [-0.39, 0.29) is 24.2 Å². The summed E-state index contributed by atoms with van der Waals surface area (Å²) >= 11 is 0. The maximum Gasteiger partial charge on any atom is 0.135 e. The highest BCUT2D eigenvalue weighted by Crippen LogP contribution is 2.49. The van der Waals surface area contributed by atoms with Crippen molar-refractivity contribution in [2.24, 2.45) is 0 Å². The number of rotatable bonds is 2. The summed E-state index contributed by atoms with van der Waals surface area (Å²) in [6.07, 6.45) is 0. The Balaban J connectivity index is 1.55. The molecule has 172 valence electrons. The van der Waals surface area contributed by atoms with Crippen LogP contribution in [0.2, 0.25) is 0 Å². The summed E-state index contributed by atoms with van der Waals surface area (Å²) in [4.78, 5) is 0.